The van der Waals surface area contributed by atoms with Crippen molar-refractivity contribution < 1.29 is 11.0 Å². The third-order valence-electron chi connectivity index (χ3n) is 6.48. The fourth-order valence-electron chi connectivity index (χ4n) is 4.41. The van der Waals surface area contributed by atoms with Gasteiger partial charge < -0.3 is 10.6 Å². The van der Waals surface area contributed by atoms with Crippen LogP contribution in [0.1, 0.15) is 80.1 Å². The summed E-state index contributed by atoms with van der Waals surface area (Å²) in [4.78, 5) is 27.0. The first-order valence-electron chi connectivity index (χ1n) is 11.3. The number of fused-ring (bicyclic) bond motifs is 1. The van der Waals surface area contributed by atoms with Crippen molar-refractivity contribution in [2.45, 2.75) is 70.8 Å². The summed E-state index contributed by atoms with van der Waals surface area (Å²) < 4.78 is 2.10. The minimum Gasteiger partial charge on any atom is -0.355 e. The fraction of sp³-hybridized carbons (Fsp3) is 0.636. The Morgan fingerprint density at radius 2 is 2.10 bits per heavy atom. The zero-order valence-electron chi connectivity index (χ0n) is 17.4. The minimum absolute atomic E-state index is 0. The topological polar surface area (TPSA) is 88.9 Å². The van der Waals surface area contributed by atoms with E-state index in [4.69, 9.17) is 0 Å². The molecule has 162 valence electrons. The molecule has 0 unspecified atom stereocenters. The highest BCUT2D eigenvalue weighted by Gasteiger charge is 2.34. The summed E-state index contributed by atoms with van der Waals surface area (Å²) in [5.41, 5.74) is 1.92. The molecule has 2 aromatic rings. The van der Waals surface area contributed by atoms with E-state index in [0.29, 0.717) is 6.42 Å². The van der Waals surface area contributed by atoms with Gasteiger partial charge in [-0.1, -0.05) is 12.8 Å². The summed E-state index contributed by atoms with van der Waals surface area (Å²) in [7, 11) is 0. The van der Waals surface area contributed by atoms with E-state index in [-0.39, 0.29) is 25.1 Å². The van der Waals surface area contributed by atoms with Crippen LogP contribution in [0.4, 0.5) is 10.9 Å². The second-order valence-electron chi connectivity index (χ2n) is 8.87. The van der Waals surface area contributed by atoms with Gasteiger partial charge in [0.05, 0.1) is 5.56 Å². The molecule has 0 spiro atoms. The van der Waals surface area contributed by atoms with Gasteiger partial charge in [0.25, 0.3) is 0 Å². The smallest absolute Gasteiger partial charge is 0.228 e. The lowest BCUT2D eigenvalue weighted by Crippen LogP contribution is -2.21. The van der Waals surface area contributed by atoms with Crippen LogP contribution in [0.5, 0.6) is 0 Å². The van der Waals surface area contributed by atoms with Crippen LogP contribution in [0, 0.1) is 11.8 Å². The number of rotatable bonds is 9. The van der Waals surface area contributed by atoms with Crippen molar-refractivity contribution in [1.29, 1.82) is 0 Å². The van der Waals surface area contributed by atoms with E-state index in [1.807, 2.05) is 6.92 Å². The lowest BCUT2D eigenvalue weighted by atomic mass is 9.89. The van der Waals surface area contributed by atoms with E-state index < -0.39 is 0 Å². The molecule has 0 aromatic carbocycles. The number of carbonyl (C=O) groups is 2. The van der Waals surface area contributed by atoms with Gasteiger partial charge in [-0.3, -0.25) is 14.2 Å². The van der Waals surface area contributed by atoms with Gasteiger partial charge in [0, 0.05) is 31.2 Å². The van der Waals surface area contributed by atoms with Crippen LogP contribution >= 0.6 is 11.3 Å². The van der Waals surface area contributed by atoms with Crippen molar-refractivity contribution in [1.82, 2.24) is 14.8 Å². The molecular weight excluding hydrogens is 398 g/mol. The molecule has 7 nitrogen and oxygen atoms in total. The molecule has 30 heavy (non-hydrogen) atoms. The van der Waals surface area contributed by atoms with E-state index in [1.165, 1.54) is 17.7 Å². The molecule has 3 aliphatic carbocycles. The SMILES string of the molecule is CCNc1nncn1[C@H]1CCc2sc(NC(=O)C3CC3)c(C(=O)CCC3CC3)c2C1.[HH]. The van der Waals surface area contributed by atoms with E-state index in [0.717, 1.165) is 73.1 Å². The molecule has 0 bridgehead atoms. The average molecular weight is 430 g/mol. The zero-order valence-corrected chi connectivity index (χ0v) is 18.3. The first-order chi connectivity index (χ1) is 14.6. The summed E-state index contributed by atoms with van der Waals surface area (Å²) in [6.45, 7) is 2.83. The minimum atomic E-state index is 0. The van der Waals surface area contributed by atoms with Crippen molar-refractivity contribution >= 4 is 34.0 Å². The van der Waals surface area contributed by atoms with Crippen molar-refractivity contribution in [2.75, 3.05) is 17.2 Å². The van der Waals surface area contributed by atoms with Crippen LogP contribution in [0.2, 0.25) is 0 Å². The molecule has 1 amide bonds. The van der Waals surface area contributed by atoms with Crippen LogP contribution in [-0.4, -0.2) is 33.0 Å². The standard InChI is InChI=1S/C22H29N5O2S.H2/c1-2-23-22-26-24-12-27(22)15-8-10-18-16(11-15)19(17(28)9-5-13-3-4-13)21(30-18)25-20(29)14-6-7-14;/h12-15H,2-11H2,1H3,(H,23,26)(H,25,29);1H/t15-;/m0./s1. The number of anilines is 2. The Morgan fingerprint density at radius 1 is 1.27 bits per heavy atom. The van der Waals surface area contributed by atoms with Gasteiger partial charge in [-0.25, -0.2) is 0 Å². The van der Waals surface area contributed by atoms with E-state index >= 15 is 0 Å². The van der Waals surface area contributed by atoms with E-state index in [2.05, 4.69) is 25.4 Å². The lowest BCUT2D eigenvalue weighted by molar-refractivity contribution is -0.117. The predicted octanol–water partition coefficient (Wildman–Crippen LogP) is 4.47. The number of amides is 1. The zero-order chi connectivity index (χ0) is 20.7. The van der Waals surface area contributed by atoms with Crippen molar-refractivity contribution in [3.63, 3.8) is 0 Å². The molecule has 0 radical (unpaired) electrons. The van der Waals surface area contributed by atoms with E-state index in [1.54, 1.807) is 17.7 Å². The Bertz CT molecular complexity index is 963. The molecule has 0 saturated heterocycles. The summed E-state index contributed by atoms with van der Waals surface area (Å²) in [5.74, 6) is 1.91. The fourth-order valence-corrected chi connectivity index (χ4v) is 5.67. The van der Waals surface area contributed by atoms with Crippen molar-refractivity contribution in [3.8, 4) is 0 Å². The quantitative estimate of drug-likeness (QED) is 0.574. The molecule has 2 aromatic heterocycles. The molecular formula is C22H31N5O2S. The summed E-state index contributed by atoms with van der Waals surface area (Å²) in [6, 6.07) is 0.220. The highest BCUT2D eigenvalue weighted by atomic mass is 32.1. The summed E-state index contributed by atoms with van der Waals surface area (Å²) in [5, 5.41) is 15.5. The number of nitrogens with zero attached hydrogens (tertiary/aromatic N) is 3. The number of thiophene rings is 1. The highest BCUT2D eigenvalue weighted by molar-refractivity contribution is 7.17. The van der Waals surface area contributed by atoms with Gasteiger partial charge >= 0.3 is 0 Å². The summed E-state index contributed by atoms with van der Waals surface area (Å²) >= 11 is 1.62. The second-order valence-corrected chi connectivity index (χ2v) is 9.97. The Labute approximate surface area is 182 Å². The van der Waals surface area contributed by atoms with Crippen LogP contribution < -0.4 is 10.6 Å². The normalized spacial score (nSPS) is 20.6. The van der Waals surface area contributed by atoms with Crippen LogP contribution in [0.15, 0.2) is 6.33 Å². The predicted molar refractivity (Wildman–Crippen MR) is 119 cm³/mol. The Kier molecular flexibility index (Phi) is 5.35. The number of aromatic nitrogens is 3. The maximum Gasteiger partial charge on any atom is 0.228 e. The van der Waals surface area contributed by atoms with Gasteiger partial charge in [0.2, 0.25) is 11.9 Å². The first-order valence-corrected chi connectivity index (χ1v) is 12.1. The van der Waals surface area contributed by atoms with Gasteiger partial charge in [0.15, 0.2) is 5.78 Å². The molecule has 1 atom stereocenters. The third-order valence-corrected chi connectivity index (χ3v) is 7.68. The maximum atomic E-state index is 13.3. The number of hydrogen-bond acceptors (Lipinski definition) is 6. The van der Waals surface area contributed by atoms with Gasteiger partial charge in [0.1, 0.15) is 11.3 Å². The van der Waals surface area contributed by atoms with Crippen LogP contribution in [0.3, 0.4) is 0 Å². The first kappa shape index (κ1) is 19.7. The molecule has 2 N–H and O–H groups in total. The van der Waals surface area contributed by atoms with Crippen molar-refractivity contribution in [3.05, 3.63) is 22.3 Å². The van der Waals surface area contributed by atoms with Gasteiger partial charge in [-0.15, -0.1) is 21.5 Å². The molecule has 5 rings (SSSR count). The number of hydrogen-bond donors (Lipinski definition) is 2. The lowest BCUT2D eigenvalue weighted by Gasteiger charge is -2.25. The van der Waals surface area contributed by atoms with Gasteiger partial charge in [-0.05, 0) is 56.9 Å². The molecule has 3 aliphatic rings. The number of carbonyl (C=O) groups excluding carboxylic acids is 2. The molecule has 0 aliphatic heterocycles. The third kappa shape index (κ3) is 4.02. The Morgan fingerprint density at radius 3 is 2.83 bits per heavy atom. The Hall–Kier alpha value is -2.22. The largest absolute Gasteiger partial charge is 0.355 e. The molecule has 2 saturated carbocycles. The molecule has 2 heterocycles. The Balaban J connectivity index is 0.00000231. The average Bonchev–Trinajstić information content (AvgIpc) is 3.66. The second kappa shape index (κ2) is 8.13. The van der Waals surface area contributed by atoms with E-state index in [9.17, 15) is 9.59 Å². The van der Waals surface area contributed by atoms with Crippen molar-refractivity contribution in [2.24, 2.45) is 11.8 Å². The number of ketones is 1. The maximum absolute atomic E-state index is 13.3. The molecule has 8 heteroatoms. The highest BCUT2D eigenvalue weighted by Crippen LogP contribution is 2.43. The number of Topliss-reactive ketones (excluding diaryl/α,β-unsaturated/α-hetero) is 1. The van der Waals surface area contributed by atoms with Crippen LogP contribution in [-0.2, 0) is 17.6 Å². The molecule has 2 fully saturated rings. The monoisotopic (exact) mass is 429 g/mol. The number of nitrogens with one attached hydrogen (secondary N) is 2. The van der Waals surface area contributed by atoms with Crippen LogP contribution in [0.25, 0.3) is 0 Å². The van der Waals surface area contributed by atoms with Gasteiger partial charge in [-0.2, -0.15) is 0 Å². The number of aryl methyl sites for hydroxylation is 1. The summed E-state index contributed by atoms with van der Waals surface area (Å²) in [6.07, 6.45) is 10.4.